The molecule has 0 aromatic carbocycles. The number of piperidine rings is 1. The molecule has 1 fully saturated rings. The van der Waals surface area contributed by atoms with Gasteiger partial charge in [0, 0.05) is 5.97 Å². The highest BCUT2D eigenvalue weighted by atomic mass is 16.4. The molecule has 1 aliphatic heterocycles. The molecule has 0 atom stereocenters. The van der Waals surface area contributed by atoms with Crippen molar-refractivity contribution in [3.63, 3.8) is 0 Å². The molecular formula is C15H31NO2. The molecule has 0 aromatic rings. The highest BCUT2D eigenvalue weighted by Crippen LogP contribution is 2.16. The maximum absolute atomic E-state index is 8.89. The van der Waals surface area contributed by atoms with Gasteiger partial charge in [0.15, 0.2) is 0 Å². The Hall–Kier alpha value is -0.570. The second-order valence-corrected chi connectivity index (χ2v) is 5.43. The molecule has 0 saturated carbocycles. The Morgan fingerprint density at radius 3 is 2.11 bits per heavy atom. The average Bonchev–Trinajstić information content (AvgIpc) is 2.34. The highest BCUT2D eigenvalue weighted by molar-refractivity contribution is 5.60. The van der Waals surface area contributed by atoms with Crippen molar-refractivity contribution >= 4 is 5.97 Å². The van der Waals surface area contributed by atoms with Gasteiger partial charge in [0.25, 0.3) is 0 Å². The molecule has 0 unspecified atom stereocenters. The molecule has 0 amide bonds. The van der Waals surface area contributed by atoms with Crippen molar-refractivity contribution < 1.29 is 14.8 Å². The third kappa shape index (κ3) is 10.6. The minimum Gasteiger partial charge on any atom is -0.550 e. The van der Waals surface area contributed by atoms with E-state index in [1.165, 1.54) is 64.6 Å². The number of aliphatic carboxylic acids is 1. The first-order chi connectivity index (χ1) is 8.60. The van der Waals surface area contributed by atoms with Gasteiger partial charge in [-0.2, -0.15) is 0 Å². The molecule has 1 aliphatic rings. The maximum Gasteiger partial charge on any atom is 0.0773 e. The van der Waals surface area contributed by atoms with Crippen LogP contribution in [-0.2, 0) is 4.79 Å². The zero-order chi connectivity index (χ0) is 13.8. The Kier molecular flexibility index (Phi) is 11.2. The molecule has 108 valence electrons. The average molecular weight is 257 g/mol. The second kappa shape index (κ2) is 11.5. The van der Waals surface area contributed by atoms with Crippen molar-refractivity contribution in [1.29, 1.82) is 0 Å². The summed E-state index contributed by atoms with van der Waals surface area (Å²) in [6, 6.07) is 0. The fraction of sp³-hybridized carbons (Fsp3) is 0.933. The van der Waals surface area contributed by atoms with Crippen LogP contribution in [0.2, 0.25) is 0 Å². The van der Waals surface area contributed by atoms with E-state index in [1.807, 2.05) is 4.90 Å². The molecule has 0 aromatic heterocycles. The van der Waals surface area contributed by atoms with Crippen LogP contribution in [0.1, 0.15) is 65.7 Å². The SMILES string of the molecule is CC(=O)[O-].CCCCC1CC[NH+](CCCC)CC1. The third-order valence-electron chi connectivity index (χ3n) is 3.66. The van der Waals surface area contributed by atoms with Crippen LogP contribution in [0.3, 0.4) is 0 Å². The van der Waals surface area contributed by atoms with Gasteiger partial charge in [-0.1, -0.05) is 39.5 Å². The lowest BCUT2D eigenvalue weighted by atomic mass is 9.91. The van der Waals surface area contributed by atoms with E-state index in [0.29, 0.717) is 0 Å². The summed E-state index contributed by atoms with van der Waals surface area (Å²) in [5.74, 6) is -0.0136. The molecule has 3 heteroatoms. The highest BCUT2D eigenvalue weighted by Gasteiger charge is 2.20. The van der Waals surface area contributed by atoms with Gasteiger partial charge in [0.05, 0.1) is 19.6 Å². The predicted octanol–water partition coefficient (Wildman–Crippen LogP) is 1.03. The third-order valence-corrected chi connectivity index (χ3v) is 3.66. The number of carboxylic acid groups (broad SMARTS) is 1. The molecule has 1 saturated heterocycles. The number of quaternary nitrogens is 1. The van der Waals surface area contributed by atoms with Crippen LogP contribution < -0.4 is 10.0 Å². The molecule has 1 N–H and O–H groups in total. The number of carbonyl (C=O) groups excluding carboxylic acids is 1. The maximum atomic E-state index is 8.89. The standard InChI is InChI=1S/C13H27N.C2H4O2/c1-3-5-7-13-8-11-14(12-9-13)10-6-4-2;1-2(3)4/h13H,3-12H2,1-2H3;1H3,(H,3,4). The van der Waals surface area contributed by atoms with E-state index in [9.17, 15) is 0 Å². The first-order valence-corrected chi connectivity index (χ1v) is 7.61. The lowest BCUT2D eigenvalue weighted by Gasteiger charge is -2.29. The number of unbranched alkanes of at least 4 members (excludes halogenated alkanes) is 2. The van der Waals surface area contributed by atoms with E-state index in [0.717, 1.165) is 12.8 Å². The van der Waals surface area contributed by atoms with Crippen molar-refractivity contribution in [2.75, 3.05) is 19.6 Å². The summed E-state index contributed by atoms with van der Waals surface area (Å²) < 4.78 is 0. The largest absolute Gasteiger partial charge is 0.550 e. The van der Waals surface area contributed by atoms with E-state index in [1.54, 1.807) is 0 Å². The number of hydrogen-bond acceptors (Lipinski definition) is 2. The van der Waals surface area contributed by atoms with Gasteiger partial charge in [0.1, 0.15) is 0 Å². The topological polar surface area (TPSA) is 44.6 Å². The van der Waals surface area contributed by atoms with Crippen LogP contribution in [0.15, 0.2) is 0 Å². The van der Waals surface area contributed by atoms with Gasteiger partial charge >= 0.3 is 0 Å². The van der Waals surface area contributed by atoms with Crippen molar-refractivity contribution in [2.24, 2.45) is 5.92 Å². The van der Waals surface area contributed by atoms with Gasteiger partial charge < -0.3 is 14.8 Å². The van der Waals surface area contributed by atoms with E-state index in [4.69, 9.17) is 9.90 Å². The monoisotopic (exact) mass is 257 g/mol. The summed E-state index contributed by atoms with van der Waals surface area (Å²) in [7, 11) is 0. The smallest absolute Gasteiger partial charge is 0.0773 e. The summed E-state index contributed by atoms with van der Waals surface area (Å²) in [6.45, 7) is 9.91. The summed E-state index contributed by atoms with van der Waals surface area (Å²) in [5.41, 5.74) is 0. The van der Waals surface area contributed by atoms with Crippen molar-refractivity contribution in [3.8, 4) is 0 Å². The lowest BCUT2D eigenvalue weighted by molar-refractivity contribution is -0.906. The van der Waals surface area contributed by atoms with Crippen LogP contribution in [-0.4, -0.2) is 25.6 Å². The molecule has 3 nitrogen and oxygen atoms in total. The van der Waals surface area contributed by atoms with Crippen LogP contribution in [0, 0.1) is 5.92 Å². The van der Waals surface area contributed by atoms with E-state index in [2.05, 4.69) is 13.8 Å². The van der Waals surface area contributed by atoms with E-state index in [-0.39, 0.29) is 0 Å². The summed E-state index contributed by atoms with van der Waals surface area (Å²) in [6.07, 6.45) is 10.1. The van der Waals surface area contributed by atoms with Gasteiger partial charge in [-0.15, -0.1) is 0 Å². The Morgan fingerprint density at radius 2 is 1.67 bits per heavy atom. The van der Waals surface area contributed by atoms with Crippen LogP contribution in [0.4, 0.5) is 0 Å². The zero-order valence-electron chi connectivity index (χ0n) is 12.5. The van der Waals surface area contributed by atoms with Crippen molar-refractivity contribution in [1.82, 2.24) is 0 Å². The Balaban J connectivity index is 0.000000631. The molecule has 1 rings (SSSR count). The Morgan fingerprint density at radius 1 is 1.17 bits per heavy atom. The number of rotatable bonds is 6. The van der Waals surface area contributed by atoms with Gasteiger partial charge in [0.2, 0.25) is 0 Å². The summed E-state index contributed by atoms with van der Waals surface area (Å²) in [4.78, 5) is 10.8. The molecule has 0 spiro atoms. The molecule has 1 heterocycles. The van der Waals surface area contributed by atoms with Gasteiger partial charge in [-0.25, -0.2) is 0 Å². The van der Waals surface area contributed by atoms with Crippen LogP contribution in [0.25, 0.3) is 0 Å². The quantitative estimate of drug-likeness (QED) is 0.772. The first-order valence-electron chi connectivity index (χ1n) is 7.61. The molecule has 0 aliphatic carbocycles. The van der Waals surface area contributed by atoms with E-state index >= 15 is 0 Å². The first kappa shape index (κ1) is 17.4. The zero-order valence-corrected chi connectivity index (χ0v) is 12.5. The van der Waals surface area contributed by atoms with Gasteiger partial charge in [-0.3, -0.25) is 0 Å². The molecule has 0 radical (unpaired) electrons. The second-order valence-electron chi connectivity index (χ2n) is 5.43. The lowest BCUT2D eigenvalue weighted by Crippen LogP contribution is -3.13. The minimum absolute atomic E-state index is 0.972. The van der Waals surface area contributed by atoms with E-state index < -0.39 is 5.97 Å². The molecular weight excluding hydrogens is 226 g/mol. The number of nitrogens with one attached hydrogen (secondary N) is 1. The fourth-order valence-electron chi connectivity index (χ4n) is 2.54. The van der Waals surface area contributed by atoms with Crippen LogP contribution >= 0.6 is 0 Å². The normalized spacial score (nSPS) is 23.1. The molecule has 0 bridgehead atoms. The fourth-order valence-corrected chi connectivity index (χ4v) is 2.54. The molecule has 18 heavy (non-hydrogen) atoms. The Bertz CT molecular complexity index is 179. The number of likely N-dealkylation sites (tertiary alicyclic amines) is 1. The Labute approximate surface area is 113 Å². The number of hydrogen-bond donors (Lipinski definition) is 1. The summed E-state index contributed by atoms with van der Waals surface area (Å²) in [5, 5.41) is 8.89. The van der Waals surface area contributed by atoms with Gasteiger partial charge in [-0.05, 0) is 32.1 Å². The number of carbonyl (C=O) groups is 1. The van der Waals surface area contributed by atoms with Crippen LogP contribution in [0.5, 0.6) is 0 Å². The van der Waals surface area contributed by atoms with Crippen molar-refractivity contribution in [3.05, 3.63) is 0 Å². The minimum atomic E-state index is -1.08. The van der Waals surface area contributed by atoms with Crippen molar-refractivity contribution in [2.45, 2.75) is 65.7 Å². The number of carboxylic acids is 1. The predicted molar refractivity (Wildman–Crippen MR) is 73.4 cm³/mol. The summed E-state index contributed by atoms with van der Waals surface area (Å²) >= 11 is 0.